The van der Waals surface area contributed by atoms with Gasteiger partial charge in [0, 0.05) is 0 Å². The average molecular weight is 578 g/mol. The summed E-state index contributed by atoms with van der Waals surface area (Å²) < 4.78 is 0. The molecular formula is C26H25Cl3PRh. The summed E-state index contributed by atoms with van der Waals surface area (Å²) in [6.45, 7) is 4.24. The molecule has 4 aromatic rings. The summed E-state index contributed by atoms with van der Waals surface area (Å²) in [5.74, 6) is 0. The van der Waals surface area contributed by atoms with Crippen LogP contribution >= 0.6 is 37.0 Å². The van der Waals surface area contributed by atoms with Crippen LogP contribution in [0.15, 0.2) is 115 Å². The maximum atomic E-state index is 4.94. The van der Waals surface area contributed by atoms with E-state index in [1.165, 1.54) is 27.0 Å². The summed E-state index contributed by atoms with van der Waals surface area (Å²) in [6, 6.07) is 40.7. The standard InChI is InChI=1S/C18H15P.C8H10.3ClH.Rh/c1-4-10-16(11-5-1)19(17-12-6-2-7-13-17)18-14-8-3-9-15-18;1-7-5-3-4-6-8(7)2;;;;/h1-15H;3-6H,1-2H3;3*1H;/q;;;;;+3/p-3. The van der Waals surface area contributed by atoms with Crippen LogP contribution in [0.5, 0.6) is 0 Å². The van der Waals surface area contributed by atoms with E-state index >= 15 is 0 Å². The first-order chi connectivity index (χ1) is 15.0. The Morgan fingerprint density at radius 2 is 0.677 bits per heavy atom. The minimum absolute atomic E-state index is 0.446. The van der Waals surface area contributed by atoms with Crippen LogP contribution in [0.2, 0.25) is 0 Å². The van der Waals surface area contributed by atoms with Crippen molar-refractivity contribution in [2.75, 3.05) is 0 Å². The van der Waals surface area contributed by atoms with Crippen molar-refractivity contribution >= 4 is 52.9 Å². The van der Waals surface area contributed by atoms with E-state index in [9.17, 15) is 0 Å². The SMILES string of the molecule is Cc1ccccc1C.[Cl][Rh]([Cl])[Cl].c1ccc(P(c2ccccc2)c2ccccc2)cc1. The third kappa shape index (κ3) is 9.86. The van der Waals surface area contributed by atoms with Crippen molar-refractivity contribution in [2.24, 2.45) is 0 Å². The summed E-state index contributed by atoms with van der Waals surface area (Å²) in [4.78, 5) is 0. The van der Waals surface area contributed by atoms with Gasteiger partial charge >= 0.3 is 42.1 Å². The Morgan fingerprint density at radius 3 is 0.903 bits per heavy atom. The Labute approximate surface area is 205 Å². The summed E-state index contributed by atoms with van der Waals surface area (Å²) in [7, 11) is 14.4. The van der Waals surface area contributed by atoms with Crippen LogP contribution in [0.4, 0.5) is 0 Å². The van der Waals surface area contributed by atoms with Gasteiger partial charge in [-0.05, 0) is 48.8 Å². The zero-order chi connectivity index (χ0) is 22.5. The molecule has 0 unspecified atom stereocenters. The Balaban J connectivity index is 0.000000236. The Hall–Kier alpha value is -1.20. The molecule has 0 bridgehead atoms. The number of benzene rings is 4. The summed E-state index contributed by atoms with van der Waals surface area (Å²) >= 11 is -1.66. The van der Waals surface area contributed by atoms with Crippen molar-refractivity contribution in [1.82, 2.24) is 0 Å². The topological polar surface area (TPSA) is 0 Å². The number of halogens is 3. The van der Waals surface area contributed by atoms with Gasteiger partial charge in [0.1, 0.15) is 0 Å². The maximum Gasteiger partial charge on any atom is -0.0134 e. The van der Waals surface area contributed by atoms with Gasteiger partial charge in [-0.25, -0.2) is 0 Å². The number of rotatable bonds is 3. The number of aryl methyl sites for hydroxylation is 2. The van der Waals surface area contributed by atoms with E-state index in [0.29, 0.717) is 0 Å². The molecule has 0 heterocycles. The van der Waals surface area contributed by atoms with Gasteiger partial charge < -0.3 is 0 Å². The van der Waals surface area contributed by atoms with Crippen molar-refractivity contribution in [3.8, 4) is 0 Å². The van der Waals surface area contributed by atoms with Crippen LogP contribution in [0.1, 0.15) is 11.1 Å². The monoisotopic (exact) mass is 576 g/mol. The molecule has 0 aliphatic carbocycles. The van der Waals surface area contributed by atoms with E-state index in [4.69, 9.17) is 29.1 Å². The molecule has 0 aliphatic rings. The van der Waals surface area contributed by atoms with Gasteiger partial charge in [0.2, 0.25) is 0 Å². The van der Waals surface area contributed by atoms with Crippen LogP contribution in [-0.4, -0.2) is 0 Å². The minimum atomic E-state index is -1.66. The molecule has 5 heteroatoms. The molecule has 0 N–H and O–H groups in total. The Kier molecular flexibility index (Phi) is 12.4. The third-order valence-corrected chi connectivity index (χ3v) is 6.91. The van der Waals surface area contributed by atoms with E-state index in [1.807, 2.05) is 0 Å². The second kappa shape index (κ2) is 14.8. The van der Waals surface area contributed by atoms with Crippen molar-refractivity contribution in [3.63, 3.8) is 0 Å². The van der Waals surface area contributed by atoms with Crippen LogP contribution in [0.3, 0.4) is 0 Å². The van der Waals surface area contributed by atoms with Gasteiger partial charge in [0.15, 0.2) is 0 Å². The normalized spacial score (nSPS) is 10.3. The largest absolute Gasteiger partial charge is 0.0622 e. The molecule has 164 valence electrons. The quantitative estimate of drug-likeness (QED) is 0.172. The Bertz CT molecular complexity index is 879. The van der Waals surface area contributed by atoms with E-state index in [1.54, 1.807) is 0 Å². The maximum absolute atomic E-state index is 4.94. The van der Waals surface area contributed by atoms with E-state index in [0.717, 1.165) is 0 Å². The average Bonchev–Trinajstić information content (AvgIpc) is 2.78. The molecular weight excluding hydrogens is 553 g/mol. The van der Waals surface area contributed by atoms with Gasteiger partial charge in [-0.2, -0.15) is 0 Å². The van der Waals surface area contributed by atoms with Crippen LogP contribution in [0.25, 0.3) is 0 Å². The van der Waals surface area contributed by atoms with Crippen molar-refractivity contribution in [2.45, 2.75) is 13.8 Å². The first kappa shape index (κ1) is 26.1. The van der Waals surface area contributed by atoms with Crippen LogP contribution in [-0.2, 0) is 13.0 Å². The van der Waals surface area contributed by atoms with E-state index in [2.05, 4.69) is 129 Å². The third-order valence-electron chi connectivity index (χ3n) is 4.47. The zero-order valence-corrected chi connectivity index (χ0v) is 22.2. The molecule has 0 nitrogen and oxygen atoms in total. The van der Waals surface area contributed by atoms with E-state index in [-0.39, 0.29) is 0 Å². The predicted molar refractivity (Wildman–Crippen MR) is 139 cm³/mol. The fraction of sp³-hybridized carbons (Fsp3) is 0.0769. The molecule has 4 aromatic carbocycles. The second-order valence-corrected chi connectivity index (χ2v) is 16.3. The summed E-state index contributed by atoms with van der Waals surface area (Å²) in [6.07, 6.45) is 0. The number of hydrogen-bond donors (Lipinski definition) is 0. The minimum Gasteiger partial charge on any atom is -0.0622 e. The van der Waals surface area contributed by atoms with Crippen LogP contribution < -0.4 is 15.9 Å². The first-order valence-electron chi connectivity index (χ1n) is 9.61. The zero-order valence-electron chi connectivity index (χ0n) is 17.4. The number of hydrogen-bond acceptors (Lipinski definition) is 0. The second-order valence-electron chi connectivity index (χ2n) is 6.57. The Morgan fingerprint density at radius 1 is 0.452 bits per heavy atom. The predicted octanol–water partition coefficient (Wildman–Crippen LogP) is 7.81. The molecule has 0 saturated heterocycles. The summed E-state index contributed by atoms with van der Waals surface area (Å²) in [5.41, 5.74) is 2.74. The van der Waals surface area contributed by atoms with E-state index < -0.39 is 20.9 Å². The molecule has 0 saturated carbocycles. The van der Waals surface area contributed by atoms with Gasteiger partial charge in [0.05, 0.1) is 0 Å². The van der Waals surface area contributed by atoms with Crippen molar-refractivity contribution in [3.05, 3.63) is 126 Å². The molecule has 0 atom stereocenters. The van der Waals surface area contributed by atoms with Crippen LogP contribution in [0, 0.1) is 13.8 Å². The van der Waals surface area contributed by atoms with Gasteiger partial charge in [-0.3, -0.25) is 0 Å². The molecule has 0 aliphatic heterocycles. The first-order valence-corrected chi connectivity index (χ1v) is 17.3. The molecule has 0 amide bonds. The van der Waals surface area contributed by atoms with Gasteiger partial charge in [-0.1, -0.05) is 115 Å². The van der Waals surface area contributed by atoms with Crippen molar-refractivity contribution < 1.29 is 13.0 Å². The van der Waals surface area contributed by atoms with Gasteiger partial charge in [0.25, 0.3) is 0 Å². The van der Waals surface area contributed by atoms with Gasteiger partial charge in [-0.15, -0.1) is 0 Å². The fourth-order valence-electron chi connectivity index (χ4n) is 2.84. The molecule has 0 radical (unpaired) electrons. The fourth-order valence-corrected chi connectivity index (χ4v) is 5.15. The molecule has 0 fully saturated rings. The molecule has 4 rings (SSSR count). The van der Waals surface area contributed by atoms with Crippen molar-refractivity contribution in [1.29, 1.82) is 0 Å². The molecule has 0 spiro atoms. The molecule has 31 heavy (non-hydrogen) atoms. The summed E-state index contributed by atoms with van der Waals surface area (Å²) in [5, 5.41) is 4.19. The molecule has 0 aromatic heterocycles. The smallest absolute Gasteiger partial charge is 0.0134 e.